The third-order valence-corrected chi connectivity index (χ3v) is 2.31. The summed E-state index contributed by atoms with van der Waals surface area (Å²) in [6.07, 6.45) is 6.77. The van der Waals surface area contributed by atoms with E-state index in [9.17, 15) is 0 Å². The van der Waals surface area contributed by atoms with E-state index in [1.165, 1.54) is 12.8 Å². The molecule has 10 heavy (non-hydrogen) atoms. The van der Waals surface area contributed by atoms with Gasteiger partial charge in [-0.05, 0) is 37.5 Å². The van der Waals surface area contributed by atoms with Crippen molar-refractivity contribution in [2.75, 3.05) is 6.61 Å². The smallest absolute Gasteiger partial charge is 0.0433 e. The Kier molecular flexibility index (Phi) is 2.94. The summed E-state index contributed by atoms with van der Waals surface area (Å²) in [4.78, 5) is 0. The van der Waals surface area contributed by atoms with Crippen LogP contribution in [0.1, 0.15) is 25.7 Å². The summed E-state index contributed by atoms with van der Waals surface area (Å²) in [6.45, 7) is 4.05. The highest BCUT2D eigenvalue weighted by atomic mass is 16.3. The summed E-state index contributed by atoms with van der Waals surface area (Å²) in [7, 11) is 0. The summed E-state index contributed by atoms with van der Waals surface area (Å²) in [5, 5.41) is 8.60. The van der Waals surface area contributed by atoms with E-state index in [-0.39, 0.29) is 0 Å². The molecular formula is C9H16O. The second kappa shape index (κ2) is 3.77. The molecule has 2 atom stereocenters. The van der Waals surface area contributed by atoms with E-state index in [1.807, 2.05) is 6.08 Å². The van der Waals surface area contributed by atoms with Crippen molar-refractivity contribution in [1.82, 2.24) is 0 Å². The van der Waals surface area contributed by atoms with Gasteiger partial charge in [0.05, 0.1) is 0 Å². The first kappa shape index (κ1) is 7.80. The number of aliphatic hydroxyl groups excluding tert-OH is 1. The molecule has 0 spiro atoms. The van der Waals surface area contributed by atoms with E-state index in [1.54, 1.807) is 0 Å². The maximum absolute atomic E-state index is 8.60. The molecule has 58 valence electrons. The van der Waals surface area contributed by atoms with E-state index in [0.717, 1.165) is 24.7 Å². The van der Waals surface area contributed by atoms with E-state index in [4.69, 9.17) is 5.11 Å². The second-order valence-electron chi connectivity index (χ2n) is 3.13. The molecule has 1 N–H and O–H groups in total. The van der Waals surface area contributed by atoms with Gasteiger partial charge in [0.25, 0.3) is 0 Å². The zero-order valence-corrected chi connectivity index (χ0v) is 6.42. The average molecular weight is 140 g/mol. The van der Waals surface area contributed by atoms with Crippen molar-refractivity contribution >= 4 is 0 Å². The highest BCUT2D eigenvalue weighted by molar-refractivity contribution is 4.87. The Morgan fingerprint density at radius 2 is 2.10 bits per heavy atom. The zero-order chi connectivity index (χ0) is 7.40. The molecule has 1 rings (SSSR count). The highest BCUT2D eigenvalue weighted by Crippen LogP contribution is 2.44. The fourth-order valence-corrected chi connectivity index (χ4v) is 1.52. The highest BCUT2D eigenvalue weighted by Gasteiger charge is 2.34. The Labute approximate surface area is 62.8 Å². The molecule has 1 fully saturated rings. The summed E-state index contributed by atoms with van der Waals surface area (Å²) in [5.74, 6) is 1.75. The van der Waals surface area contributed by atoms with Gasteiger partial charge in [-0.15, -0.1) is 6.58 Å². The van der Waals surface area contributed by atoms with Crippen molar-refractivity contribution in [2.24, 2.45) is 11.8 Å². The third kappa shape index (κ3) is 2.14. The molecule has 0 aromatic heterocycles. The number of allylic oxidation sites excluding steroid dienone is 1. The van der Waals surface area contributed by atoms with Crippen molar-refractivity contribution in [3.63, 3.8) is 0 Å². The lowest BCUT2D eigenvalue weighted by Gasteiger charge is -1.93. The van der Waals surface area contributed by atoms with Crippen molar-refractivity contribution in [3.05, 3.63) is 12.7 Å². The largest absolute Gasteiger partial charge is 0.396 e. The Morgan fingerprint density at radius 1 is 1.40 bits per heavy atom. The molecule has 0 unspecified atom stereocenters. The molecule has 0 saturated heterocycles. The molecule has 0 bridgehead atoms. The van der Waals surface area contributed by atoms with Crippen LogP contribution in [0, 0.1) is 11.8 Å². The minimum atomic E-state index is 0.370. The van der Waals surface area contributed by atoms with Crippen LogP contribution >= 0.6 is 0 Å². The van der Waals surface area contributed by atoms with Gasteiger partial charge < -0.3 is 5.11 Å². The third-order valence-electron chi connectivity index (χ3n) is 2.31. The number of aliphatic hydroxyl groups is 1. The predicted molar refractivity (Wildman–Crippen MR) is 42.7 cm³/mol. The number of hydrogen-bond acceptors (Lipinski definition) is 1. The van der Waals surface area contributed by atoms with Gasteiger partial charge in [0.15, 0.2) is 0 Å². The maximum atomic E-state index is 8.60. The predicted octanol–water partition coefficient (Wildman–Crippen LogP) is 1.97. The second-order valence-corrected chi connectivity index (χ2v) is 3.13. The molecule has 0 amide bonds. The van der Waals surface area contributed by atoms with E-state index in [0.29, 0.717) is 6.61 Å². The molecule has 1 heteroatoms. The monoisotopic (exact) mass is 140 g/mol. The van der Waals surface area contributed by atoms with Crippen LogP contribution in [0.5, 0.6) is 0 Å². The van der Waals surface area contributed by atoms with Crippen molar-refractivity contribution in [3.8, 4) is 0 Å². The van der Waals surface area contributed by atoms with Crippen LogP contribution in [-0.2, 0) is 0 Å². The van der Waals surface area contributed by atoms with Crippen LogP contribution in [0.4, 0.5) is 0 Å². The van der Waals surface area contributed by atoms with Gasteiger partial charge >= 0.3 is 0 Å². The molecular weight excluding hydrogens is 124 g/mol. The van der Waals surface area contributed by atoms with Gasteiger partial charge in [0.2, 0.25) is 0 Å². The quantitative estimate of drug-likeness (QED) is 0.579. The summed E-state index contributed by atoms with van der Waals surface area (Å²) in [6, 6.07) is 0. The normalized spacial score (nSPS) is 30.1. The van der Waals surface area contributed by atoms with Crippen LogP contribution in [0.3, 0.4) is 0 Å². The minimum Gasteiger partial charge on any atom is -0.396 e. The Bertz CT molecular complexity index is 109. The zero-order valence-electron chi connectivity index (χ0n) is 6.42. The lowest BCUT2D eigenvalue weighted by molar-refractivity contribution is 0.276. The molecule has 1 aliphatic carbocycles. The van der Waals surface area contributed by atoms with Gasteiger partial charge in [-0.3, -0.25) is 0 Å². The summed E-state index contributed by atoms with van der Waals surface area (Å²) >= 11 is 0. The van der Waals surface area contributed by atoms with E-state index < -0.39 is 0 Å². The van der Waals surface area contributed by atoms with Crippen molar-refractivity contribution in [2.45, 2.75) is 25.7 Å². The topological polar surface area (TPSA) is 20.2 Å². The Morgan fingerprint density at radius 3 is 2.70 bits per heavy atom. The molecule has 1 saturated carbocycles. The van der Waals surface area contributed by atoms with Gasteiger partial charge in [0.1, 0.15) is 0 Å². The van der Waals surface area contributed by atoms with Crippen LogP contribution in [0.2, 0.25) is 0 Å². The van der Waals surface area contributed by atoms with Gasteiger partial charge in [-0.2, -0.15) is 0 Å². The average Bonchev–Trinajstić information content (AvgIpc) is 2.65. The maximum Gasteiger partial charge on any atom is 0.0433 e. The first-order valence-electron chi connectivity index (χ1n) is 4.10. The van der Waals surface area contributed by atoms with Gasteiger partial charge in [0, 0.05) is 6.61 Å². The molecule has 0 aromatic rings. The standard InChI is InChI=1S/C9H16O/c1-2-3-4-8-7-9(8)5-6-10/h2,8-10H,1,3-7H2/t8-,9-/m1/s1. The number of hydrogen-bond donors (Lipinski definition) is 1. The Balaban J connectivity index is 1.96. The Hall–Kier alpha value is -0.300. The molecule has 0 heterocycles. The lowest BCUT2D eigenvalue weighted by atomic mass is 10.1. The van der Waals surface area contributed by atoms with Crippen LogP contribution in [0.25, 0.3) is 0 Å². The van der Waals surface area contributed by atoms with Gasteiger partial charge in [-0.25, -0.2) is 0 Å². The van der Waals surface area contributed by atoms with Crippen LogP contribution < -0.4 is 0 Å². The SMILES string of the molecule is C=CCC[C@@H]1C[C@H]1CCO. The van der Waals surface area contributed by atoms with Crippen molar-refractivity contribution < 1.29 is 5.11 Å². The summed E-state index contributed by atoms with van der Waals surface area (Å²) in [5.41, 5.74) is 0. The van der Waals surface area contributed by atoms with Crippen LogP contribution in [-0.4, -0.2) is 11.7 Å². The summed E-state index contributed by atoms with van der Waals surface area (Å²) < 4.78 is 0. The molecule has 0 aromatic carbocycles. The van der Waals surface area contributed by atoms with Crippen LogP contribution in [0.15, 0.2) is 12.7 Å². The fraction of sp³-hybridized carbons (Fsp3) is 0.778. The molecule has 1 aliphatic rings. The fourth-order valence-electron chi connectivity index (χ4n) is 1.52. The number of rotatable bonds is 5. The molecule has 1 nitrogen and oxygen atoms in total. The van der Waals surface area contributed by atoms with E-state index >= 15 is 0 Å². The van der Waals surface area contributed by atoms with Gasteiger partial charge in [-0.1, -0.05) is 6.08 Å². The van der Waals surface area contributed by atoms with E-state index in [2.05, 4.69) is 6.58 Å². The lowest BCUT2D eigenvalue weighted by Crippen LogP contribution is -1.87. The minimum absolute atomic E-state index is 0.370. The van der Waals surface area contributed by atoms with Crippen molar-refractivity contribution in [1.29, 1.82) is 0 Å². The molecule has 0 aliphatic heterocycles. The first-order valence-corrected chi connectivity index (χ1v) is 4.10. The molecule has 0 radical (unpaired) electrons. The first-order chi connectivity index (χ1) is 4.88.